The zero-order valence-electron chi connectivity index (χ0n) is 8.17. The molecule has 2 N–H and O–H groups in total. The van der Waals surface area contributed by atoms with Crippen LogP contribution in [0.15, 0.2) is 16.9 Å². The van der Waals surface area contributed by atoms with Crippen LogP contribution in [-0.4, -0.2) is 18.2 Å². The minimum Gasteiger partial charge on any atom is -0.453 e. The Kier molecular flexibility index (Phi) is 2.84. The zero-order chi connectivity index (χ0) is 11.7. The van der Waals surface area contributed by atoms with Gasteiger partial charge in [0, 0.05) is 5.69 Å². The third-order valence-corrected chi connectivity index (χ3v) is 3.04. The van der Waals surface area contributed by atoms with Gasteiger partial charge in [-0.1, -0.05) is 22.9 Å². The van der Waals surface area contributed by atoms with Gasteiger partial charge in [-0.3, -0.25) is 10.1 Å². The number of aromatic nitrogens is 1. The Hall–Kier alpha value is -1.53. The quantitative estimate of drug-likeness (QED) is 0.825. The second kappa shape index (κ2) is 4.15. The molecule has 0 radical (unpaired) electrons. The molecule has 0 saturated carbocycles. The van der Waals surface area contributed by atoms with Crippen LogP contribution in [0.2, 0.25) is 5.02 Å². The lowest BCUT2D eigenvalue weighted by atomic mass is 10.3. The number of amides is 1. The molecule has 0 fully saturated rings. The number of benzene rings is 1. The number of carbonyl (C=O) groups excluding carboxylic acids is 1. The van der Waals surface area contributed by atoms with E-state index in [9.17, 15) is 9.59 Å². The van der Waals surface area contributed by atoms with Gasteiger partial charge in [0.2, 0.25) is 0 Å². The summed E-state index contributed by atoms with van der Waals surface area (Å²) < 4.78 is 5.14. The third kappa shape index (κ3) is 2.02. The zero-order valence-corrected chi connectivity index (χ0v) is 9.74. The van der Waals surface area contributed by atoms with Crippen molar-refractivity contribution in [1.29, 1.82) is 0 Å². The molecule has 0 aliphatic carbocycles. The molecule has 16 heavy (non-hydrogen) atoms. The molecule has 0 bridgehead atoms. The molecule has 1 amide bonds. The molecule has 0 spiro atoms. The molecule has 84 valence electrons. The first-order chi connectivity index (χ1) is 7.60. The molecule has 0 unspecified atom stereocenters. The second-order valence-corrected chi connectivity index (χ2v) is 4.38. The number of anilines is 1. The maximum atomic E-state index is 11.1. The predicted octanol–water partition coefficient (Wildman–Crippen LogP) is 2.42. The monoisotopic (exact) mass is 258 g/mol. The fraction of sp³-hybridized carbons (Fsp3) is 0.111. The molecule has 0 aliphatic rings. The Morgan fingerprint density at radius 3 is 3.00 bits per heavy atom. The van der Waals surface area contributed by atoms with Crippen molar-refractivity contribution in [2.75, 3.05) is 12.4 Å². The average molecular weight is 259 g/mol. The van der Waals surface area contributed by atoms with Crippen LogP contribution in [0.25, 0.3) is 10.2 Å². The summed E-state index contributed by atoms with van der Waals surface area (Å²) in [6, 6.07) is 3.20. The highest BCUT2D eigenvalue weighted by atomic mass is 35.5. The highest BCUT2D eigenvalue weighted by Crippen LogP contribution is 2.27. The van der Waals surface area contributed by atoms with E-state index in [1.165, 1.54) is 7.11 Å². The summed E-state index contributed by atoms with van der Waals surface area (Å²) in [7, 11) is 1.27. The first kappa shape index (κ1) is 11.0. The van der Waals surface area contributed by atoms with Crippen LogP contribution in [0.5, 0.6) is 0 Å². The molecule has 1 aromatic carbocycles. The number of hydrogen-bond acceptors (Lipinski definition) is 4. The van der Waals surface area contributed by atoms with Crippen LogP contribution in [0.4, 0.5) is 10.5 Å². The van der Waals surface area contributed by atoms with Gasteiger partial charge in [0.1, 0.15) is 0 Å². The van der Waals surface area contributed by atoms with Gasteiger partial charge in [0.15, 0.2) is 0 Å². The second-order valence-electron chi connectivity index (χ2n) is 2.96. The van der Waals surface area contributed by atoms with E-state index in [1.54, 1.807) is 12.1 Å². The van der Waals surface area contributed by atoms with Gasteiger partial charge in [-0.2, -0.15) is 0 Å². The van der Waals surface area contributed by atoms with Gasteiger partial charge in [-0.25, -0.2) is 4.79 Å². The molecule has 0 saturated heterocycles. The number of carbonyl (C=O) groups is 1. The van der Waals surface area contributed by atoms with Crippen LogP contribution < -0.4 is 10.2 Å². The minimum absolute atomic E-state index is 0.188. The number of rotatable bonds is 1. The van der Waals surface area contributed by atoms with E-state index in [0.717, 1.165) is 11.3 Å². The van der Waals surface area contributed by atoms with E-state index in [0.29, 0.717) is 20.9 Å². The number of methoxy groups -OCH3 is 1. The maximum absolute atomic E-state index is 11.1. The smallest absolute Gasteiger partial charge is 0.411 e. The largest absolute Gasteiger partial charge is 0.453 e. The minimum atomic E-state index is -0.585. The maximum Gasteiger partial charge on any atom is 0.411 e. The predicted molar refractivity (Wildman–Crippen MR) is 63.5 cm³/mol. The normalized spacial score (nSPS) is 10.4. The van der Waals surface area contributed by atoms with Crippen molar-refractivity contribution in [3.63, 3.8) is 0 Å². The van der Waals surface area contributed by atoms with Crippen molar-refractivity contribution in [3.05, 3.63) is 26.8 Å². The molecule has 2 rings (SSSR count). The number of aromatic amines is 1. The molecular formula is C9H7ClN2O3S. The standard InChI is InChI=1S/C9H7ClN2O3S/c1-15-8(13)11-4-2-5(10)7-6(3-4)16-9(14)12-7/h2-3H,1H3,(H,11,13)(H,12,14). The molecule has 1 aromatic heterocycles. The highest BCUT2D eigenvalue weighted by Gasteiger charge is 2.08. The van der Waals surface area contributed by atoms with Crippen LogP contribution in [0.1, 0.15) is 0 Å². The van der Waals surface area contributed by atoms with E-state index < -0.39 is 6.09 Å². The van der Waals surface area contributed by atoms with Gasteiger partial charge in [-0.15, -0.1) is 0 Å². The van der Waals surface area contributed by atoms with Gasteiger partial charge < -0.3 is 9.72 Å². The molecule has 7 heteroatoms. The lowest BCUT2D eigenvalue weighted by Crippen LogP contribution is -2.10. The number of halogens is 1. The van der Waals surface area contributed by atoms with Crippen LogP contribution in [0.3, 0.4) is 0 Å². The van der Waals surface area contributed by atoms with E-state index >= 15 is 0 Å². The topological polar surface area (TPSA) is 71.2 Å². The number of fused-ring (bicyclic) bond motifs is 1. The van der Waals surface area contributed by atoms with Crippen molar-refractivity contribution in [2.45, 2.75) is 0 Å². The van der Waals surface area contributed by atoms with Gasteiger partial charge in [-0.05, 0) is 12.1 Å². The van der Waals surface area contributed by atoms with E-state index in [2.05, 4.69) is 15.0 Å². The van der Waals surface area contributed by atoms with Crippen molar-refractivity contribution in [2.24, 2.45) is 0 Å². The number of hydrogen-bond donors (Lipinski definition) is 2. The Labute approximate surface area is 99.0 Å². The molecule has 2 aromatic rings. The number of thiazole rings is 1. The fourth-order valence-electron chi connectivity index (χ4n) is 1.25. The highest BCUT2D eigenvalue weighted by molar-refractivity contribution is 7.16. The van der Waals surface area contributed by atoms with Crippen LogP contribution >= 0.6 is 22.9 Å². The number of nitrogens with one attached hydrogen (secondary N) is 2. The fourth-order valence-corrected chi connectivity index (χ4v) is 2.38. The third-order valence-electron chi connectivity index (χ3n) is 1.92. The Bertz CT molecular complexity index is 604. The van der Waals surface area contributed by atoms with Crippen molar-refractivity contribution < 1.29 is 9.53 Å². The Balaban J connectivity index is 2.49. The molecule has 0 atom stereocenters. The van der Waals surface area contributed by atoms with E-state index in [-0.39, 0.29) is 4.87 Å². The molecular weight excluding hydrogens is 252 g/mol. The van der Waals surface area contributed by atoms with Crippen LogP contribution in [-0.2, 0) is 4.74 Å². The number of ether oxygens (including phenoxy) is 1. The summed E-state index contributed by atoms with van der Waals surface area (Å²) in [6.07, 6.45) is -0.585. The number of H-pyrrole nitrogens is 1. The van der Waals surface area contributed by atoms with Gasteiger partial charge >= 0.3 is 11.0 Å². The molecule has 5 nitrogen and oxygen atoms in total. The molecule has 0 aliphatic heterocycles. The average Bonchev–Trinajstić information content (AvgIpc) is 2.59. The summed E-state index contributed by atoms with van der Waals surface area (Å²) >= 11 is 6.97. The van der Waals surface area contributed by atoms with Gasteiger partial charge in [0.25, 0.3) is 0 Å². The lowest BCUT2D eigenvalue weighted by Gasteiger charge is -2.04. The lowest BCUT2D eigenvalue weighted by molar-refractivity contribution is 0.187. The van der Waals surface area contributed by atoms with E-state index in [4.69, 9.17) is 11.6 Å². The summed E-state index contributed by atoms with van der Waals surface area (Å²) in [5.41, 5.74) is 1.06. The van der Waals surface area contributed by atoms with Crippen molar-refractivity contribution in [3.8, 4) is 0 Å². The summed E-state index contributed by atoms with van der Waals surface area (Å²) in [5, 5.41) is 2.86. The summed E-state index contributed by atoms with van der Waals surface area (Å²) in [5.74, 6) is 0. The van der Waals surface area contributed by atoms with Crippen LogP contribution in [0, 0.1) is 0 Å². The SMILES string of the molecule is COC(=O)Nc1cc(Cl)c2[nH]c(=O)sc2c1. The first-order valence-electron chi connectivity index (χ1n) is 4.27. The van der Waals surface area contributed by atoms with Gasteiger partial charge in [0.05, 0.1) is 22.3 Å². The Morgan fingerprint density at radius 1 is 1.56 bits per heavy atom. The van der Waals surface area contributed by atoms with E-state index in [1.807, 2.05) is 0 Å². The summed E-state index contributed by atoms with van der Waals surface area (Å²) in [6.45, 7) is 0. The van der Waals surface area contributed by atoms with Crippen molar-refractivity contribution in [1.82, 2.24) is 4.98 Å². The first-order valence-corrected chi connectivity index (χ1v) is 5.47. The Morgan fingerprint density at radius 2 is 2.31 bits per heavy atom. The molecule has 1 heterocycles. The summed E-state index contributed by atoms with van der Waals surface area (Å²) in [4.78, 5) is 24.5. The van der Waals surface area contributed by atoms with Crippen molar-refractivity contribution >= 4 is 44.9 Å².